The van der Waals surface area contributed by atoms with Crippen LogP contribution in [0.2, 0.25) is 0 Å². The maximum Gasteiger partial charge on any atom is 0.337 e. The van der Waals surface area contributed by atoms with E-state index in [9.17, 15) is 9.59 Å². The lowest BCUT2D eigenvalue weighted by molar-refractivity contribution is -0.121. The minimum absolute atomic E-state index is 0.124. The van der Waals surface area contributed by atoms with E-state index in [-0.39, 0.29) is 11.7 Å². The topological polar surface area (TPSA) is 85.9 Å². The van der Waals surface area contributed by atoms with Crippen LogP contribution >= 0.6 is 12.2 Å². The van der Waals surface area contributed by atoms with Gasteiger partial charge < -0.3 is 19.5 Å². The van der Waals surface area contributed by atoms with Crippen LogP contribution in [0, 0.1) is 0 Å². The number of carbonyl (C=O) groups is 2. The summed E-state index contributed by atoms with van der Waals surface area (Å²) in [5, 5.41) is 5.48. The van der Waals surface area contributed by atoms with Gasteiger partial charge in [0.15, 0.2) is 11.7 Å². The Labute approximate surface area is 156 Å². The van der Waals surface area contributed by atoms with Gasteiger partial charge in [0.05, 0.1) is 19.8 Å². The van der Waals surface area contributed by atoms with Gasteiger partial charge in [-0.05, 0) is 60.7 Å². The number of anilines is 1. The monoisotopic (exact) mass is 374 g/mol. The van der Waals surface area contributed by atoms with Gasteiger partial charge in [-0.15, -0.1) is 0 Å². The van der Waals surface area contributed by atoms with Crippen molar-refractivity contribution in [2.24, 2.45) is 0 Å². The second-order valence-corrected chi connectivity index (χ2v) is 5.44. The number of esters is 1. The minimum atomic E-state index is -0.428. The van der Waals surface area contributed by atoms with Gasteiger partial charge >= 0.3 is 5.97 Å². The van der Waals surface area contributed by atoms with Crippen molar-refractivity contribution in [3.63, 3.8) is 0 Å². The Balaban J connectivity index is 1.79. The summed E-state index contributed by atoms with van der Waals surface area (Å²) in [6, 6.07) is 13.3. The molecule has 0 bridgehead atoms. The molecular weight excluding hydrogens is 356 g/mol. The number of thiocarbonyl (C=S) groups is 1. The normalized spacial score (nSPS) is 9.77. The number of methoxy groups -OCH3 is 2. The molecule has 7 nitrogen and oxygen atoms in total. The van der Waals surface area contributed by atoms with Crippen LogP contribution in [-0.4, -0.2) is 37.8 Å². The molecule has 26 heavy (non-hydrogen) atoms. The largest absolute Gasteiger partial charge is 0.497 e. The quantitative estimate of drug-likeness (QED) is 0.593. The van der Waals surface area contributed by atoms with Gasteiger partial charge in [0.2, 0.25) is 0 Å². The molecule has 2 aromatic rings. The minimum Gasteiger partial charge on any atom is -0.497 e. The Morgan fingerprint density at radius 1 is 0.962 bits per heavy atom. The molecule has 0 heterocycles. The van der Waals surface area contributed by atoms with Crippen LogP contribution in [0.15, 0.2) is 48.5 Å². The lowest BCUT2D eigenvalue weighted by Gasteiger charge is -2.11. The summed E-state index contributed by atoms with van der Waals surface area (Å²) in [5.41, 5.74) is 1.04. The zero-order valence-corrected chi connectivity index (χ0v) is 15.1. The van der Waals surface area contributed by atoms with E-state index in [1.54, 1.807) is 55.6 Å². The molecular formula is C18H18N2O5S. The highest BCUT2D eigenvalue weighted by molar-refractivity contribution is 7.80. The lowest BCUT2D eigenvalue weighted by atomic mass is 10.2. The lowest BCUT2D eigenvalue weighted by Crippen LogP contribution is -2.37. The molecule has 8 heteroatoms. The SMILES string of the molecule is COC(=O)c1ccc(NC(=S)NC(=O)COc2ccc(OC)cc2)cc1. The molecule has 1 amide bonds. The molecule has 2 aromatic carbocycles. The van der Waals surface area contributed by atoms with Gasteiger partial charge in [0.25, 0.3) is 5.91 Å². The van der Waals surface area contributed by atoms with Crippen molar-refractivity contribution >= 4 is 34.9 Å². The molecule has 0 aliphatic carbocycles. The van der Waals surface area contributed by atoms with Crippen LogP contribution in [0.25, 0.3) is 0 Å². The molecule has 2 N–H and O–H groups in total. The summed E-state index contributed by atoms with van der Waals surface area (Å²) in [5.74, 6) is 0.413. The highest BCUT2D eigenvalue weighted by Crippen LogP contribution is 2.16. The summed E-state index contributed by atoms with van der Waals surface area (Å²) in [4.78, 5) is 23.2. The maximum atomic E-state index is 11.9. The maximum absolute atomic E-state index is 11.9. The number of carbonyl (C=O) groups excluding carboxylic acids is 2. The predicted octanol–water partition coefficient (Wildman–Crippen LogP) is 2.37. The molecule has 0 radical (unpaired) electrons. The van der Waals surface area contributed by atoms with E-state index in [0.29, 0.717) is 22.7 Å². The summed E-state index contributed by atoms with van der Waals surface area (Å²) >= 11 is 5.08. The molecule has 0 aliphatic heterocycles. The molecule has 0 aromatic heterocycles. The van der Waals surface area contributed by atoms with Gasteiger partial charge in [-0.25, -0.2) is 4.79 Å². The number of hydrogen-bond donors (Lipinski definition) is 2. The Hall–Kier alpha value is -3.13. The van der Waals surface area contributed by atoms with E-state index in [0.717, 1.165) is 0 Å². The van der Waals surface area contributed by atoms with Crippen molar-refractivity contribution in [2.45, 2.75) is 0 Å². The number of benzene rings is 2. The molecule has 0 aliphatic rings. The van der Waals surface area contributed by atoms with Crippen LogP contribution < -0.4 is 20.1 Å². The van der Waals surface area contributed by atoms with E-state index in [2.05, 4.69) is 15.4 Å². The molecule has 0 atom stereocenters. The predicted molar refractivity (Wildman–Crippen MR) is 101 cm³/mol. The van der Waals surface area contributed by atoms with E-state index in [1.165, 1.54) is 7.11 Å². The Morgan fingerprint density at radius 3 is 2.15 bits per heavy atom. The first-order chi connectivity index (χ1) is 12.5. The second kappa shape index (κ2) is 9.38. The van der Waals surface area contributed by atoms with Crippen molar-refractivity contribution in [3.05, 3.63) is 54.1 Å². The first-order valence-electron chi connectivity index (χ1n) is 7.58. The van der Waals surface area contributed by atoms with Crippen LogP contribution in [0.4, 0.5) is 5.69 Å². The number of nitrogens with one attached hydrogen (secondary N) is 2. The van der Waals surface area contributed by atoms with Gasteiger partial charge in [-0.2, -0.15) is 0 Å². The van der Waals surface area contributed by atoms with E-state index in [4.69, 9.17) is 21.7 Å². The van der Waals surface area contributed by atoms with E-state index >= 15 is 0 Å². The number of rotatable bonds is 6. The number of ether oxygens (including phenoxy) is 3. The number of amides is 1. The summed E-state index contributed by atoms with van der Waals surface area (Å²) < 4.78 is 15.0. The van der Waals surface area contributed by atoms with Crippen LogP contribution in [-0.2, 0) is 9.53 Å². The van der Waals surface area contributed by atoms with Gasteiger partial charge in [-0.1, -0.05) is 0 Å². The molecule has 0 fully saturated rings. The van der Waals surface area contributed by atoms with Crippen molar-refractivity contribution in [3.8, 4) is 11.5 Å². The molecule has 0 spiro atoms. The van der Waals surface area contributed by atoms with Gasteiger partial charge in [-0.3, -0.25) is 10.1 Å². The third-order valence-electron chi connectivity index (χ3n) is 3.25. The Kier molecular flexibility index (Phi) is 6.92. The van der Waals surface area contributed by atoms with Crippen molar-refractivity contribution in [1.29, 1.82) is 0 Å². The molecule has 0 unspecified atom stereocenters. The van der Waals surface area contributed by atoms with Crippen molar-refractivity contribution < 1.29 is 23.8 Å². The van der Waals surface area contributed by atoms with Gasteiger partial charge in [0.1, 0.15) is 11.5 Å². The summed E-state index contributed by atoms with van der Waals surface area (Å²) in [6.07, 6.45) is 0. The average Bonchev–Trinajstić information content (AvgIpc) is 2.66. The highest BCUT2D eigenvalue weighted by Gasteiger charge is 2.08. The molecule has 136 valence electrons. The standard InChI is InChI=1S/C18H18N2O5S/c1-23-14-7-9-15(10-8-14)25-11-16(21)20-18(26)19-13-5-3-12(4-6-13)17(22)24-2/h3-10H,11H2,1-2H3,(H2,19,20,21,26). The van der Waals surface area contributed by atoms with Crippen LogP contribution in [0.5, 0.6) is 11.5 Å². The smallest absolute Gasteiger partial charge is 0.337 e. The fourth-order valence-electron chi connectivity index (χ4n) is 1.95. The Bertz CT molecular complexity index is 775. The third kappa shape index (κ3) is 5.75. The fraction of sp³-hybridized carbons (Fsp3) is 0.167. The van der Waals surface area contributed by atoms with Crippen LogP contribution in [0.1, 0.15) is 10.4 Å². The molecule has 0 saturated heterocycles. The molecule has 2 rings (SSSR count). The van der Waals surface area contributed by atoms with E-state index in [1.807, 2.05) is 0 Å². The fourth-order valence-corrected chi connectivity index (χ4v) is 2.19. The summed E-state index contributed by atoms with van der Waals surface area (Å²) in [7, 11) is 2.88. The number of hydrogen-bond acceptors (Lipinski definition) is 6. The van der Waals surface area contributed by atoms with Gasteiger partial charge in [0, 0.05) is 5.69 Å². The van der Waals surface area contributed by atoms with Crippen molar-refractivity contribution in [2.75, 3.05) is 26.1 Å². The second-order valence-electron chi connectivity index (χ2n) is 5.04. The van der Waals surface area contributed by atoms with Crippen LogP contribution in [0.3, 0.4) is 0 Å². The summed E-state index contributed by atoms with van der Waals surface area (Å²) in [6.45, 7) is -0.185. The zero-order valence-electron chi connectivity index (χ0n) is 14.3. The Morgan fingerprint density at radius 2 is 1.58 bits per heavy atom. The zero-order chi connectivity index (χ0) is 18.9. The average molecular weight is 374 g/mol. The first-order valence-corrected chi connectivity index (χ1v) is 7.98. The highest BCUT2D eigenvalue weighted by atomic mass is 32.1. The van der Waals surface area contributed by atoms with E-state index < -0.39 is 11.9 Å². The first kappa shape index (κ1) is 19.2. The third-order valence-corrected chi connectivity index (χ3v) is 3.45. The molecule has 0 saturated carbocycles. The van der Waals surface area contributed by atoms with Crippen molar-refractivity contribution in [1.82, 2.24) is 5.32 Å².